The average molecular weight is 304 g/mol. The monoisotopic (exact) mass is 304 g/mol. The van der Waals surface area contributed by atoms with Gasteiger partial charge >= 0.3 is 6.18 Å². The molecule has 0 bridgehead atoms. The van der Waals surface area contributed by atoms with E-state index in [0.717, 1.165) is 25.9 Å². The average Bonchev–Trinajstić information content (AvgIpc) is 2.91. The lowest BCUT2D eigenvalue weighted by Gasteiger charge is -2.31. The Labute approximate surface area is 123 Å². The molecule has 1 saturated carbocycles. The third-order valence-corrected chi connectivity index (χ3v) is 4.07. The zero-order valence-corrected chi connectivity index (χ0v) is 12.4. The molecular formula is C15H23F3N2O. The first-order valence-electron chi connectivity index (χ1n) is 7.74. The molecule has 120 valence electrons. The van der Waals surface area contributed by atoms with Crippen LogP contribution in [0.5, 0.6) is 0 Å². The summed E-state index contributed by atoms with van der Waals surface area (Å²) in [6.45, 7) is 3.74. The Morgan fingerprint density at radius 1 is 1.29 bits per heavy atom. The van der Waals surface area contributed by atoms with Gasteiger partial charge in [0.15, 0.2) is 5.89 Å². The highest BCUT2D eigenvalue weighted by molar-refractivity contribution is 5.07. The molecule has 2 atom stereocenters. The van der Waals surface area contributed by atoms with Gasteiger partial charge in [-0.25, -0.2) is 4.98 Å². The highest BCUT2D eigenvalue weighted by atomic mass is 19.4. The number of nitrogens with one attached hydrogen (secondary N) is 1. The van der Waals surface area contributed by atoms with Crippen molar-refractivity contribution in [3.05, 3.63) is 17.8 Å². The van der Waals surface area contributed by atoms with Gasteiger partial charge in [0.1, 0.15) is 5.76 Å². The van der Waals surface area contributed by atoms with Crippen molar-refractivity contribution in [1.82, 2.24) is 10.3 Å². The highest BCUT2D eigenvalue weighted by Gasteiger charge is 2.47. The number of aromatic nitrogens is 1. The summed E-state index contributed by atoms with van der Waals surface area (Å²) in [5.41, 5.74) is 0. The summed E-state index contributed by atoms with van der Waals surface area (Å²) < 4.78 is 44.9. The summed E-state index contributed by atoms with van der Waals surface area (Å²) in [5.74, 6) is -0.920. The second kappa shape index (κ2) is 7.29. The first-order chi connectivity index (χ1) is 10.0. The molecule has 2 unspecified atom stereocenters. The predicted molar refractivity (Wildman–Crippen MR) is 74.1 cm³/mol. The molecule has 0 spiro atoms. The van der Waals surface area contributed by atoms with Gasteiger partial charge < -0.3 is 9.73 Å². The van der Waals surface area contributed by atoms with Crippen molar-refractivity contribution >= 4 is 0 Å². The van der Waals surface area contributed by atoms with Gasteiger partial charge in [0.05, 0.1) is 12.1 Å². The summed E-state index contributed by atoms with van der Waals surface area (Å²) in [6, 6.07) is 0. The molecule has 21 heavy (non-hydrogen) atoms. The number of hydrogen-bond acceptors (Lipinski definition) is 3. The fourth-order valence-electron chi connectivity index (χ4n) is 2.97. The lowest BCUT2D eigenvalue weighted by Crippen LogP contribution is -2.31. The normalized spacial score (nSPS) is 23.4. The third-order valence-electron chi connectivity index (χ3n) is 4.07. The van der Waals surface area contributed by atoms with Crippen LogP contribution in [0.15, 0.2) is 10.6 Å². The summed E-state index contributed by atoms with van der Waals surface area (Å²) in [7, 11) is 0. The molecule has 1 aromatic heterocycles. The molecule has 0 saturated heterocycles. The lowest BCUT2D eigenvalue weighted by molar-refractivity contribution is -0.188. The summed E-state index contributed by atoms with van der Waals surface area (Å²) >= 11 is 0. The van der Waals surface area contributed by atoms with Crippen molar-refractivity contribution in [3.63, 3.8) is 0 Å². The van der Waals surface area contributed by atoms with Gasteiger partial charge in [0.25, 0.3) is 0 Å². The van der Waals surface area contributed by atoms with E-state index >= 15 is 0 Å². The van der Waals surface area contributed by atoms with Crippen LogP contribution in [0.1, 0.15) is 56.6 Å². The lowest BCUT2D eigenvalue weighted by atomic mass is 9.77. The minimum absolute atomic E-state index is 0.197. The smallest absolute Gasteiger partial charge is 0.392 e. The second-order valence-electron chi connectivity index (χ2n) is 5.70. The van der Waals surface area contributed by atoms with E-state index in [1.54, 1.807) is 0 Å². The number of hydrogen-bond donors (Lipinski definition) is 1. The van der Waals surface area contributed by atoms with Gasteiger partial charge in [-0.3, -0.25) is 0 Å². The van der Waals surface area contributed by atoms with E-state index in [2.05, 4.69) is 17.2 Å². The number of alkyl halides is 3. The molecular weight excluding hydrogens is 281 g/mol. The van der Waals surface area contributed by atoms with Gasteiger partial charge in [-0.05, 0) is 25.8 Å². The number of rotatable bonds is 6. The maximum absolute atomic E-state index is 13.1. The van der Waals surface area contributed by atoms with Crippen LogP contribution in [0.3, 0.4) is 0 Å². The first kappa shape index (κ1) is 16.3. The number of oxazole rings is 1. The SMILES string of the molecule is CCCNCCc1ncc(C2CCCCC2C(F)(F)F)o1. The molecule has 0 amide bonds. The maximum atomic E-state index is 13.1. The zero-order valence-electron chi connectivity index (χ0n) is 12.4. The molecule has 1 heterocycles. The summed E-state index contributed by atoms with van der Waals surface area (Å²) in [6.07, 6.45) is 1.20. The van der Waals surface area contributed by atoms with E-state index in [4.69, 9.17) is 4.42 Å². The van der Waals surface area contributed by atoms with Crippen molar-refractivity contribution in [2.75, 3.05) is 13.1 Å². The molecule has 1 fully saturated rings. The molecule has 3 nitrogen and oxygen atoms in total. The van der Waals surface area contributed by atoms with Crippen LogP contribution < -0.4 is 5.32 Å². The van der Waals surface area contributed by atoms with E-state index in [0.29, 0.717) is 30.9 Å². The largest absolute Gasteiger partial charge is 0.445 e. The molecule has 0 aliphatic heterocycles. The second-order valence-corrected chi connectivity index (χ2v) is 5.70. The Bertz CT molecular complexity index is 431. The van der Waals surface area contributed by atoms with Gasteiger partial charge in [-0.2, -0.15) is 13.2 Å². The fourth-order valence-corrected chi connectivity index (χ4v) is 2.97. The molecule has 2 rings (SSSR count). The van der Waals surface area contributed by atoms with E-state index in [9.17, 15) is 13.2 Å². The van der Waals surface area contributed by atoms with Crippen LogP contribution in [0.25, 0.3) is 0 Å². The fraction of sp³-hybridized carbons (Fsp3) is 0.800. The van der Waals surface area contributed by atoms with Crippen LogP contribution in [0.2, 0.25) is 0 Å². The number of nitrogens with zero attached hydrogens (tertiary/aromatic N) is 1. The molecule has 6 heteroatoms. The molecule has 1 N–H and O–H groups in total. The molecule has 0 radical (unpaired) electrons. The van der Waals surface area contributed by atoms with Crippen LogP contribution in [0, 0.1) is 5.92 Å². The Balaban J connectivity index is 1.98. The number of halogens is 3. The van der Waals surface area contributed by atoms with Crippen molar-refractivity contribution in [3.8, 4) is 0 Å². The topological polar surface area (TPSA) is 38.1 Å². The minimum atomic E-state index is -4.15. The summed E-state index contributed by atoms with van der Waals surface area (Å²) in [5, 5.41) is 3.23. The van der Waals surface area contributed by atoms with E-state index in [1.807, 2.05) is 0 Å². The highest BCUT2D eigenvalue weighted by Crippen LogP contribution is 2.46. The maximum Gasteiger partial charge on any atom is 0.392 e. The van der Waals surface area contributed by atoms with Crippen LogP contribution in [0.4, 0.5) is 13.2 Å². The first-order valence-corrected chi connectivity index (χ1v) is 7.74. The predicted octanol–water partition coefficient (Wildman–Crippen LogP) is 4.05. The Hall–Kier alpha value is -1.04. The molecule has 0 aromatic carbocycles. The van der Waals surface area contributed by atoms with Gasteiger partial charge in [0.2, 0.25) is 0 Å². The van der Waals surface area contributed by atoms with E-state index in [-0.39, 0.29) is 6.42 Å². The van der Waals surface area contributed by atoms with Crippen LogP contribution >= 0.6 is 0 Å². The van der Waals surface area contributed by atoms with Gasteiger partial charge in [-0.1, -0.05) is 19.8 Å². The van der Waals surface area contributed by atoms with Gasteiger partial charge in [0, 0.05) is 18.9 Å². The van der Waals surface area contributed by atoms with E-state index in [1.165, 1.54) is 6.20 Å². The molecule has 1 aromatic rings. The standard InChI is InChI=1S/C15H23F3N2O/c1-2-8-19-9-7-14-20-10-13(21-14)11-5-3-4-6-12(11)15(16,17)18/h10-12,19H,2-9H2,1H3. The van der Waals surface area contributed by atoms with E-state index < -0.39 is 18.0 Å². The molecule has 1 aliphatic carbocycles. The van der Waals surface area contributed by atoms with Crippen LogP contribution in [-0.4, -0.2) is 24.2 Å². The zero-order chi connectivity index (χ0) is 15.3. The van der Waals surface area contributed by atoms with Gasteiger partial charge in [-0.15, -0.1) is 0 Å². The van der Waals surface area contributed by atoms with Crippen molar-refractivity contribution in [2.45, 2.75) is 57.5 Å². The minimum Gasteiger partial charge on any atom is -0.445 e. The Morgan fingerprint density at radius 3 is 2.76 bits per heavy atom. The Morgan fingerprint density at radius 2 is 2.05 bits per heavy atom. The van der Waals surface area contributed by atoms with Crippen molar-refractivity contribution < 1.29 is 17.6 Å². The quantitative estimate of drug-likeness (QED) is 0.806. The Kier molecular flexibility index (Phi) is 5.67. The van der Waals surface area contributed by atoms with Crippen molar-refractivity contribution in [1.29, 1.82) is 0 Å². The van der Waals surface area contributed by atoms with Crippen molar-refractivity contribution in [2.24, 2.45) is 5.92 Å². The molecule has 1 aliphatic rings. The van der Waals surface area contributed by atoms with Crippen LogP contribution in [-0.2, 0) is 6.42 Å². The summed E-state index contributed by atoms with van der Waals surface area (Å²) in [4.78, 5) is 4.13. The third kappa shape index (κ3) is 4.46.